The summed E-state index contributed by atoms with van der Waals surface area (Å²) in [7, 11) is 1.71. The van der Waals surface area contributed by atoms with Crippen LogP contribution in [0.15, 0.2) is 0 Å². The van der Waals surface area contributed by atoms with Gasteiger partial charge in [0.15, 0.2) is 0 Å². The number of nitrogens with one attached hydrogen (secondary N) is 1. The molecule has 1 aromatic rings. The first-order valence-corrected chi connectivity index (χ1v) is 7.07. The Morgan fingerprint density at radius 2 is 1.86 bits per heavy atom. The summed E-state index contributed by atoms with van der Waals surface area (Å²) in [6, 6.07) is 0. The molecule has 0 unspecified atom stereocenters. The minimum atomic E-state index is -4.26. The van der Waals surface area contributed by atoms with E-state index in [1.807, 2.05) is 20.8 Å². The largest absolute Gasteiger partial charge is 0.405 e. The third kappa shape index (κ3) is 4.75. The lowest BCUT2D eigenvalue weighted by atomic mass is 10.2. The number of rotatable bonds is 6. The molecule has 0 atom stereocenters. The molecule has 1 rings (SSSR count). The van der Waals surface area contributed by atoms with Crippen LogP contribution in [-0.2, 0) is 0 Å². The molecule has 0 aromatic carbocycles. The summed E-state index contributed by atoms with van der Waals surface area (Å²) in [4.78, 5) is 10.00. The summed E-state index contributed by atoms with van der Waals surface area (Å²) >= 11 is 0. The lowest BCUT2D eigenvalue weighted by Crippen LogP contribution is -2.36. The van der Waals surface area contributed by atoms with E-state index in [-0.39, 0.29) is 5.92 Å². The molecule has 0 fully saturated rings. The number of alkyl halides is 3. The van der Waals surface area contributed by atoms with Crippen molar-refractivity contribution in [1.82, 2.24) is 9.97 Å². The van der Waals surface area contributed by atoms with Gasteiger partial charge in [-0.15, -0.1) is 0 Å². The lowest BCUT2D eigenvalue weighted by Gasteiger charge is -2.27. The van der Waals surface area contributed by atoms with Gasteiger partial charge in [0.2, 0.25) is 0 Å². The van der Waals surface area contributed by atoms with Crippen molar-refractivity contribution in [3.8, 4) is 0 Å². The third-order valence-corrected chi connectivity index (χ3v) is 3.05. The average Bonchev–Trinajstić information content (AvgIpc) is 2.36. The molecule has 1 N–H and O–H groups in total. The highest BCUT2D eigenvalue weighted by Crippen LogP contribution is 2.28. The molecule has 1 heterocycles. The van der Waals surface area contributed by atoms with Crippen molar-refractivity contribution in [2.24, 2.45) is 0 Å². The van der Waals surface area contributed by atoms with Gasteiger partial charge in [0.1, 0.15) is 24.0 Å². The van der Waals surface area contributed by atoms with E-state index < -0.39 is 12.7 Å². The highest BCUT2D eigenvalue weighted by molar-refractivity contribution is 5.58. The second-order valence-corrected chi connectivity index (χ2v) is 5.32. The standard InChI is InChI=1S/C14H23F3N4/c1-6-7-21(8-14(15,16)17)13-10(4)12(18-5)19-11(20-13)9(2)3/h9H,6-8H2,1-5H3,(H,18,19,20). The molecular weight excluding hydrogens is 281 g/mol. The Bertz CT molecular complexity index is 472. The van der Waals surface area contributed by atoms with Gasteiger partial charge in [-0.2, -0.15) is 13.2 Å². The SMILES string of the molecule is CCCN(CC(F)(F)F)c1nc(C(C)C)nc(NC)c1C. The fraction of sp³-hybridized carbons (Fsp3) is 0.714. The summed E-state index contributed by atoms with van der Waals surface area (Å²) < 4.78 is 38.4. The van der Waals surface area contributed by atoms with Crippen LogP contribution in [-0.4, -0.2) is 36.3 Å². The normalized spacial score (nSPS) is 11.9. The zero-order valence-corrected chi connectivity index (χ0v) is 13.2. The van der Waals surface area contributed by atoms with Crippen LogP contribution in [0.2, 0.25) is 0 Å². The monoisotopic (exact) mass is 304 g/mol. The topological polar surface area (TPSA) is 41.1 Å². The van der Waals surface area contributed by atoms with E-state index >= 15 is 0 Å². The first-order chi connectivity index (χ1) is 9.69. The van der Waals surface area contributed by atoms with Crippen molar-refractivity contribution in [2.75, 3.05) is 30.4 Å². The predicted molar refractivity (Wildman–Crippen MR) is 79.0 cm³/mol. The molecule has 0 saturated carbocycles. The maximum absolute atomic E-state index is 12.8. The first-order valence-electron chi connectivity index (χ1n) is 7.07. The molecule has 21 heavy (non-hydrogen) atoms. The van der Waals surface area contributed by atoms with Crippen molar-refractivity contribution in [2.45, 2.75) is 46.2 Å². The Hall–Kier alpha value is -1.53. The molecule has 7 heteroatoms. The van der Waals surface area contributed by atoms with Gasteiger partial charge in [0, 0.05) is 25.1 Å². The van der Waals surface area contributed by atoms with Crippen LogP contribution in [0.5, 0.6) is 0 Å². The second-order valence-electron chi connectivity index (χ2n) is 5.32. The summed E-state index contributed by atoms with van der Waals surface area (Å²) in [6.45, 7) is 6.73. The smallest absolute Gasteiger partial charge is 0.373 e. The number of hydrogen-bond acceptors (Lipinski definition) is 4. The average molecular weight is 304 g/mol. The van der Waals surface area contributed by atoms with Crippen LogP contribution < -0.4 is 10.2 Å². The predicted octanol–water partition coefficient (Wildman–Crippen LogP) is 3.73. The van der Waals surface area contributed by atoms with Gasteiger partial charge in [0.05, 0.1) is 0 Å². The summed E-state index contributed by atoms with van der Waals surface area (Å²) in [6.07, 6.45) is -3.64. The summed E-state index contributed by atoms with van der Waals surface area (Å²) in [5, 5.41) is 2.93. The molecule has 4 nitrogen and oxygen atoms in total. The van der Waals surface area contributed by atoms with E-state index in [0.29, 0.717) is 36.0 Å². The van der Waals surface area contributed by atoms with Crippen molar-refractivity contribution < 1.29 is 13.2 Å². The Morgan fingerprint density at radius 3 is 2.29 bits per heavy atom. The molecule has 1 aromatic heterocycles. The van der Waals surface area contributed by atoms with Gasteiger partial charge in [-0.3, -0.25) is 0 Å². The minimum Gasteiger partial charge on any atom is -0.373 e. The minimum absolute atomic E-state index is 0.0470. The van der Waals surface area contributed by atoms with Crippen LogP contribution in [0.4, 0.5) is 24.8 Å². The van der Waals surface area contributed by atoms with Crippen LogP contribution in [0.3, 0.4) is 0 Å². The molecule has 0 amide bonds. The Morgan fingerprint density at radius 1 is 1.24 bits per heavy atom. The zero-order chi connectivity index (χ0) is 16.2. The Balaban J connectivity index is 3.31. The number of anilines is 2. The van der Waals surface area contributed by atoms with E-state index in [0.717, 1.165) is 0 Å². The van der Waals surface area contributed by atoms with E-state index in [2.05, 4.69) is 15.3 Å². The Labute approximate surface area is 123 Å². The first kappa shape index (κ1) is 17.5. The van der Waals surface area contributed by atoms with Crippen LogP contribution >= 0.6 is 0 Å². The van der Waals surface area contributed by atoms with Crippen molar-refractivity contribution in [1.29, 1.82) is 0 Å². The zero-order valence-electron chi connectivity index (χ0n) is 13.2. The maximum atomic E-state index is 12.8. The number of halogens is 3. The molecule has 0 bridgehead atoms. The highest BCUT2D eigenvalue weighted by Gasteiger charge is 2.32. The second kappa shape index (κ2) is 6.95. The highest BCUT2D eigenvalue weighted by atomic mass is 19.4. The fourth-order valence-corrected chi connectivity index (χ4v) is 2.08. The third-order valence-electron chi connectivity index (χ3n) is 3.05. The molecule has 0 spiro atoms. The van der Waals surface area contributed by atoms with Gasteiger partial charge in [-0.05, 0) is 13.3 Å². The van der Waals surface area contributed by atoms with E-state index in [1.54, 1.807) is 14.0 Å². The van der Waals surface area contributed by atoms with Crippen LogP contribution in [0.1, 0.15) is 44.5 Å². The van der Waals surface area contributed by atoms with Crippen molar-refractivity contribution in [3.05, 3.63) is 11.4 Å². The van der Waals surface area contributed by atoms with Crippen LogP contribution in [0, 0.1) is 6.92 Å². The van der Waals surface area contributed by atoms with Crippen molar-refractivity contribution in [3.63, 3.8) is 0 Å². The molecule has 0 radical (unpaired) electrons. The fourth-order valence-electron chi connectivity index (χ4n) is 2.08. The Kier molecular flexibility index (Phi) is 5.80. The van der Waals surface area contributed by atoms with E-state index in [4.69, 9.17) is 0 Å². The molecular formula is C14H23F3N4. The van der Waals surface area contributed by atoms with Gasteiger partial charge < -0.3 is 10.2 Å². The quantitative estimate of drug-likeness (QED) is 0.869. The van der Waals surface area contributed by atoms with Gasteiger partial charge in [-0.1, -0.05) is 20.8 Å². The van der Waals surface area contributed by atoms with Crippen molar-refractivity contribution >= 4 is 11.6 Å². The van der Waals surface area contributed by atoms with Crippen LogP contribution in [0.25, 0.3) is 0 Å². The lowest BCUT2D eigenvalue weighted by molar-refractivity contribution is -0.119. The maximum Gasteiger partial charge on any atom is 0.405 e. The molecule has 0 aliphatic carbocycles. The molecule has 0 aliphatic rings. The number of hydrogen-bond donors (Lipinski definition) is 1. The number of nitrogens with zero attached hydrogens (tertiary/aromatic N) is 3. The van der Waals surface area contributed by atoms with E-state index in [9.17, 15) is 13.2 Å². The van der Waals surface area contributed by atoms with Gasteiger partial charge >= 0.3 is 6.18 Å². The molecule has 0 aliphatic heterocycles. The van der Waals surface area contributed by atoms with Gasteiger partial charge in [-0.25, -0.2) is 9.97 Å². The summed E-state index contributed by atoms with van der Waals surface area (Å²) in [5.41, 5.74) is 0.639. The molecule has 120 valence electrons. The number of aromatic nitrogens is 2. The summed E-state index contributed by atoms with van der Waals surface area (Å²) in [5.74, 6) is 1.53. The molecule has 0 saturated heterocycles. The van der Waals surface area contributed by atoms with E-state index in [1.165, 1.54) is 4.90 Å². The van der Waals surface area contributed by atoms with Gasteiger partial charge in [0.25, 0.3) is 0 Å².